The summed E-state index contributed by atoms with van der Waals surface area (Å²) in [6.45, 7) is 4.43. The van der Waals surface area contributed by atoms with Crippen LogP contribution in [0.15, 0.2) is 35.7 Å². The van der Waals surface area contributed by atoms with Crippen molar-refractivity contribution in [1.29, 1.82) is 0 Å². The second kappa shape index (κ2) is 5.61. The molecule has 0 nitrogen and oxygen atoms in total. The van der Waals surface area contributed by atoms with Crippen LogP contribution >= 0.6 is 34.0 Å². The summed E-state index contributed by atoms with van der Waals surface area (Å²) in [5, 5.41) is 2.18. The summed E-state index contributed by atoms with van der Waals surface area (Å²) in [6, 6.07) is 11.3. The number of hydrogen-bond acceptors (Lipinski definition) is 3. The molecule has 0 aliphatic rings. The molecular weight excluding hydrogens is 288 g/mol. The Morgan fingerprint density at radius 1 is 0.895 bits per heavy atom. The normalized spacial score (nSPS) is 11.1. The van der Waals surface area contributed by atoms with Gasteiger partial charge in [0.1, 0.15) is 0 Å². The number of thiophene rings is 3. The lowest BCUT2D eigenvalue weighted by Gasteiger charge is -1.94. The molecule has 0 spiro atoms. The topological polar surface area (TPSA) is 0 Å². The Balaban J connectivity index is 1.90. The van der Waals surface area contributed by atoms with E-state index in [1.54, 1.807) is 0 Å². The first-order valence-corrected chi connectivity index (χ1v) is 9.02. The van der Waals surface area contributed by atoms with Crippen molar-refractivity contribution >= 4 is 34.0 Å². The van der Waals surface area contributed by atoms with Crippen LogP contribution in [-0.4, -0.2) is 0 Å². The molecule has 3 heteroatoms. The van der Waals surface area contributed by atoms with Crippen LogP contribution in [0.4, 0.5) is 0 Å². The molecule has 0 saturated carbocycles. The van der Waals surface area contributed by atoms with Crippen molar-refractivity contribution < 1.29 is 0 Å². The summed E-state index contributed by atoms with van der Waals surface area (Å²) >= 11 is 5.69. The Labute approximate surface area is 126 Å². The first kappa shape index (κ1) is 13.1. The van der Waals surface area contributed by atoms with Gasteiger partial charge >= 0.3 is 0 Å². The highest BCUT2D eigenvalue weighted by Gasteiger charge is 2.09. The molecule has 0 atom stereocenters. The van der Waals surface area contributed by atoms with Gasteiger partial charge < -0.3 is 0 Å². The van der Waals surface area contributed by atoms with Crippen LogP contribution in [0.1, 0.15) is 23.8 Å². The fraction of sp³-hybridized carbons (Fsp3) is 0.250. The molecule has 3 heterocycles. The van der Waals surface area contributed by atoms with Crippen LogP contribution in [0, 0.1) is 6.92 Å². The van der Waals surface area contributed by atoms with Crippen molar-refractivity contribution in [2.45, 2.75) is 26.7 Å². The van der Waals surface area contributed by atoms with Crippen LogP contribution in [0.25, 0.3) is 19.5 Å². The fourth-order valence-corrected chi connectivity index (χ4v) is 5.44. The van der Waals surface area contributed by atoms with E-state index in [0.717, 1.165) is 0 Å². The molecule has 0 N–H and O–H groups in total. The van der Waals surface area contributed by atoms with E-state index >= 15 is 0 Å². The van der Waals surface area contributed by atoms with Gasteiger partial charge in [0.15, 0.2) is 0 Å². The van der Waals surface area contributed by atoms with Crippen LogP contribution in [0.2, 0.25) is 0 Å². The number of rotatable bonds is 4. The molecular formula is C16H16S3. The highest BCUT2D eigenvalue weighted by molar-refractivity contribution is 7.26. The van der Waals surface area contributed by atoms with E-state index in [4.69, 9.17) is 0 Å². The second-order valence-corrected chi connectivity index (χ2v) is 7.78. The summed E-state index contributed by atoms with van der Waals surface area (Å²) in [5.41, 5.74) is 1.39. The molecule has 98 valence electrons. The van der Waals surface area contributed by atoms with Gasteiger partial charge in [0.2, 0.25) is 0 Å². The average Bonchev–Trinajstić information content (AvgIpc) is 3.08. The largest absolute Gasteiger partial charge is 0.143 e. The molecule has 0 saturated heterocycles. The quantitative estimate of drug-likeness (QED) is 0.518. The molecule has 19 heavy (non-hydrogen) atoms. The Kier molecular flexibility index (Phi) is 3.87. The Bertz CT molecular complexity index is 670. The molecule has 0 aliphatic heterocycles. The molecule has 0 bridgehead atoms. The van der Waals surface area contributed by atoms with E-state index in [1.807, 2.05) is 34.0 Å². The smallest absolute Gasteiger partial charge is 0.0471 e. The van der Waals surface area contributed by atoms with Gasteiger partial charge in [0.25, 0.3) is 0 Å². The minimum atomic E-state index is 1.20. The zero-order valence-corrected chi connectivity index (χ0v) is 13.6. The van der Waals surface area contributed by atoms with Crippen molar-refractivity contribution in [3.8, 4) is 19.5 Å². The van der Waals surface area contributed by atoms with Crippen LogP contribution in [0.5, 0.6) is 0 Å². The minimum absolute atomic E-state index is 1.20. The van der Waals surface area contributed by atoms with E-state index < -0.39 is 0 Å². The molecule has 0 amide bonds. The summed E-state index contributed by atoms with van der Waals surface area (Å²) in [6.07, 6.45) is 2.43. The molecule has 0 aromatic carbocycles. The summed E-state index contributed by atoms with van der Waals surface area (Å²) in [7, 11) is 0. The maximum atomic E-state index is 2.28. The molecule has 3 rings (SSSR count). The van der Waals surface area contributed by atoms with E-state index in [0.29, 0.717) is 0 Å². The monoisotopic (exact) mass is 304 g/mol. The van der Waals surface area contributed by atoms with Crippen molar-refractivity contribution in [3.63, 3.8) is 0 Å². The van der Waals surface area contributed by atoms with Crippen LogP contribution < -0.4 is 0 Å². The molecule has 0 radical (unpaired) electrons. The molecule has 0 aliphatic carbocycles. The van der Waals surface area contributed by atoms with E-state index in [9.17, 15) is 0 Å². The van der Waals surface area contributed by atoms with Gasteiger partial charge in [-0.25, -0.2) is 0 Å². The van der Waals surface area contributed by atoms with Gasteiger partial charge in [-0.05, 0) is 54.6 Å². The van der Waals surface area contributed by atoms with Gasteiger partial charge in [-0.1, -0.05) is 13.3 Å². The summed E-state index contributed by atoms with van der Waals surface area (Å²) in [5.74, 6) is 0. The number of hydrogen-bond donors (Lipinski definition) is 0. The zero-order valence-electron chi connectivity index (χ0n) is 11.1. The highest BCUT2D eigenvalue weighted by Crippen LogP contribution is 2.40. The van der Waals surface area contributed by atoms with Gasteiger partial charge in [0, 0.05) is 24.4 Å². The Morgan fingerprint density at radius 3 is 2.37 bits per heavy atom. The minimum Gasteiger partial charge on any atom is -0.143 e. The molecule has 0 unspecified atom stereocenters. The first-order chi connectivity index (χ1) is 9.28. The highest BCUT2D eigenvalue weighted by atomic mass is 32.1. The van der Waals surface area contributed by atoms with Crippen molar-refractivity contribution in [3.05, 3.63) is 46.2 Å². The third-order valence-corrected chi connectivity index (χ3v) is 6.72. The second-order valence-electron chi connectivity index (χ2n) is 4.61. The Hall–Kier alpha value is -0.900. The SMILES string of the molecule is CCCc1ccc(-c2ccc(-c3sccc3C)s2)s1. The lowest BCUT2D eigenvalue weighted by atomic mass is 10.2. The molecule has 3 aromatic heterocycles. The first-order valence-electron chi connectivity index (χ1n) is 6.51. The van der Waals surface area contributed by atoms with E-state index in [2.05, 4.69) is 49.6 Å². The molecule has 0 fully saturated rings. The predicted molar refractivity (Wildman–Crippen MR) is 89.7 cm³/mol. The summed E-state index contributed by atoms with van der Waals surface area (Å²) < 4.78 is 0. The average molecular weight is 305 g/mol. The standard InChI is InChI=1S/C16H16S3/c1-3-4-12-5-6-13(18-12)14-7-8-15(19-14)16-11(2)9-10-17-16/h5-10H,3-4H2,1-2H3. The number of aryl methyl sites for hydroxylation is 2. The fourth-order valence-electron chi connectivity index (χ4n) is 2.11. The van der Waals surface area contributed by atoms with Gasteiger partial charge in [-0.3, -0.25) is 0 Å². The maximum absolute atomic E-state index is 2.28. The van der Waals surface area contributed by atoms with Crippen molar-refractivity contribution in [2.75, 3.05) is 0 Å². The van der Waals surface area contributed by atoms with Gasteiger partial charge in [0.05, 0.1) is 0 Å². The third-order valence-electron chi connectivity index (χ3n) is 3.09. The lowest BCUT2D eigenvalue weighted by Crippen LogP contribution is -1.71. The predicted octanol–water partition coefficient (Wildman–Crippen LogP) is 6.47. The van der Waals surface area contributed by atoms with Crippen LogP contribution in [0.3, 0.4) is 0 Å². The van der Waals surface area contributed by atoms with Gasteiger partial charge in [-0.2, -0.15) is 0 Å². The lowest BCUT2D eigenvalue weighted by molar-refractivity contribution is 0.940. The van der Waals surface area contributed by atoms with Gasteiger partial charge in [-0.15, -0.1) is 34.0 Å². The van der Waals surface area contributed by atoms with Crippen molar-refractivity contribution in [2.24, 2.45) is 0 Å². The maximum Gasteiger partial charge on any atom is 0.0471 e. The zero-order chi connectivity index (χ0) is 13.2. The van der Waals surface area contributed by atoms with Crippen molar-refractivity contribution in [1.82, 2.24) is 0 Å². The Morgan fingerprint density at radius 2 is 1.63 bits per heavy atom. The van der Waals surface area contributed by atoms with E-state index in [-0.39, 0.29) is 0 Å². The molecule has 3 aromatic rings. The van der Waals surface area contributed by atoms with Crippen LogP contribution in [-0.2, 0) is 6.42 Å². The summed E-state index contributed by atoms with van der Waals surface area (Å²) in [4.78, 5) is 7.12. The van der Waals surface area contributed by atoms with E-state index in [1.165, 1.54) is 42.8 Å². The third kappa shape index (κ3) is 2.69.